The first-order valence-electron chi connectivity index (χ1n) is 9.76. The number of ether oxygens (including phenoxy) is 1. The first kappa shape index (κ1) is 21.4. The number of carbonyl (C=O) groups is 1. The average molecular weight is 499 g/mol. The number of anilines is 1. The van der Waals surface area contributed by atoms with Gasteiger partial charge in [-0.05, 0) is 95.9 Å². The maximum Gasteiger partial charge on any atom is 0.262 e. The molecule has 7 heteroatoms. The van der Waals surface area contributed by atoms with E-state index >= 15 is 0 Å². The molecule has 4 aromatic rings. The lowest BCUT2D eigenvalue weighted by Crippen LogP contribution is -2.20. The van der Waals surface area contributed by atoms with Crippen molar-refractivity contribution in [2.24, 2.45) is 0 Å². The van der Waals surface area contributed by atoms with E-state index in [1.165, 1.54) is 0 Å². The number of imidazole rings is 1. The van der Waals surface area contributed by atoms with E-state index in [1.54, 1.807) is 0 Å². The number of aryl methyl sites for hydroxylation is 3. The summed E-state index contributed by atoms with van der Waals surface area (Å²) < 4.78 is 6.56. The van der Waals surface area contributed by atoms with Gasteiger partial charge >= 0.3 is 0 Å². The van der Waals surface area contributed by atoms with Crippen LogP contribution in [0.5, 0.6) is 5.75 Å². The molecule has 158 valence electrons. The molecule has 0 fully saturated rings. The Morgan fingerprint density at radius 1 is 1.10 bits per heavy atom. The van der Waals surface area contributed by atoms with Crippen LogP contribution in [0, 0.1) is 20.8 Å². The molecule has 1 aromatic heterocycles. The highest BCUT2D eigenvalue weighted by Gasteiger charge is 2.11. The molecule has 0 bridgehead atoms. The third-order valence-corrected chi connectivity index (χ3v) is 5.92. The molecule has 0 saturated heterocycles. The molecule has 0 radical (unpaired) electrons. The summed E-state index contributed by atoms with van der Waals surface area (Å²) in [5.74, 6) is 1.20. The van der Waals surface area contributed by atoms with Gasteiger partial charge in [-0.15, -0.1) is 0 Å². The van der Waals surface area contributed by atoms with E-state index in [2.05, 4.69) is 31.2 Å². The minimum absolute atomic E-state index is 0.0755. The third-order valence-electron chi connectivity index (χ3n) is 4.93. The number of nitrogens with one attached hydrogen (secondary N) is 2. The zero-order valence-electron chi connectivity index (χ0n) is 17.3. The standard InChI is InChI=1S/C24H21BrClN3O2/c1-13-8-15(3)23(18(25)9-13)31-12-22(30)27-17-6-4-16(5-7-17)24-28-20-10-14(2)19(26)11-21(20)29-24/h4-11H,12H2,1-3H3,(H,27,30)(H,28,29). The van der Waals surface area contributed by atoms with Crippen LogP contribution >= 0.6 is 27.5 Å². The summed E-state index contributed by atoms with van der Waals surface area (Å²) in [5.41, 5.74) is 6.46. The fraction of sp³-hybridized carbons (Fsp3) is 0.167. The molecule has 31 heavy (non-hydrogen) atoms. The van der Waals surface area contributed by atoms with Gasteiger partial charge in [-0.25, -0.2) is 4.98 Å². The Bertz CT molecular complexity index is 1220. The number of H-pyrrole nitrogens is 1. The van der Waals surface area contributed by atoms with Crippen molar-refractivity contribution in [1.82, 2.24) is 9.97 Å². The van der Waals surface area contributed by atoms with Gasteiger partial charge in [-0.1, -0.05) is 17.7 Å². The Kier molecular flexibility index (Phi) is 6.03. The van der Waals surface area contributed by atoms with Crippen LogP contribution in [0.2, 0.25) is 5.02 Å². The van der Waals surface area contributed by atoms with E-state index in [0.29, 0.717) is 16.5 Å². The molecule has 5 nitrogen and oxygen atoms in total. The number of halogens is 2. The van der Waals surface area contributed by atoms with Crippen molar-refractivity contribution in [3.8, 4) is 17.1 Å². The third kappa shape index (κ3) is 4.75. The predicted molar refractivity (Wildman–Crippen MR) is 129 cm³/mol. The molecule has 2 N–H and O–H groups in total. The van der Waals surface area contributed by atoms with Crippen molar-refractivity contribution in [3.63, 3.8) is 0 Å². The van der Waals surface area contributed by atoms with Gasteiger partial charge in [0.2, 0.25) is 0 Å². The predicted octanol–water partition coefficient (Wildman–Crippen LogP) is 6.59. The van der Waals surface area contributed by atoms with E-state index in [-0.39, 0.29) is 12.5 Å². The lowest BCUT2D eigenvalue weighted by molar-refractivity contribution is -0.118. The number of rotatable bonds is 5. The number of amides is 1. The van der Waals surface area contributed by atoms with E-state index in [4.69, 9.17) is 16.3 Å². The number of benzene rings is 3. The number of aromatic nitrogens is 2. The zero-order valence-corrected chi connectivity index (χ0v) is 19.7. The highest BCUT2D eigenvalue weighted by molar-refractivity contribution is 9.10. The number of carbonyl (C=O) groups excluding carboxylic acids is 1. The second-order valence-electron chi connectivity index (χ2n) is 7.51. The first-order chi connectivity index (χ1) is 14.8. The van der Waals surface area contributed by atoms with Crippen molar-refractivity contribution in [2.75, 3.05) is 11.9 Å². The van der Waals surface area contributed by atoms with Crippen LogP contribution in [-0.4, -0.2) is 22.5 Å². The molecular weight excluding hydrogens is 478 g/mol. The lowest BCUT2D eigenvalue weighted by atomic mass is 10.1. The molecule has 0 unspecified atom stereocenters. The summed E-state index contributed by atoms with van der Waals surface area (Å²) in [4.78, 5) is 20.2. The van der Waals surface area contributed by atoms with E-state index in [9.17, 15) is 4.79 Å². The summed E-state index contributed by atoms with van der Waals surface area (Å²) in [6.45, 7) is 5.85. The van der Waals surface area contributed by atoms with Crippen molar-refractivity contribution in [2.45, 2.75) is 20.8 Å². The Balaban J connectivity index is 1.42. The molecule has 3 aromatic carbocycles. The molecule has 0 saturated carbocycles. The molecule has 0 spiro atoms. The Morgan fingerprint density at radius 3 is 2.55 bits per heavy atom. The Labute approximate surface area is 193 Å². The summed E-state index contributed by atoms with van der Waals surface area (Å²) >= 11 is 9.69. The number of nitrogens with zero attached hydrogens (tertiary/aromatic N) is 1. The first-order valence-corrected chi connectivity index (χ1v) is 10.9. The maximum absolute atomic E-state index is 12.3. The summed E-state index contributed by atoms with van der Waals surface area (Å²) in [6.07, 6.45) is 0. The summed E-state index contributed by atoms with van der Waals surface area (Å²) in [6, 6.07) is 15.3. The molecule has 0 aliphatic rings. The summed E-state index contributed by atoms with van der Waals surface area (Å²) in [7, 11) is 0. The van der Waals surface area contributed by atoms with Gasteiger partial charge < -0.3 is 15.0 Å². The van der Waals surface area contributed by atoms with Crippen molar-refractivity contribution in [1.29, 1.82) is 0 Å². The smallest absolute Gasteiger partial charge is 0.262 e. The number of hydrogen-bond acceptors (Lipinski definition) is 3. The number of hydrogen-bond donors (Lipinski definition) is 2. The topological polar surface area (TPSA) is 67.0 Å². The van der Waals surface area contributed by atoms with E-state index in [0.717, 1.165) is 43.6 Å². The number of fused-ring (bicyclic) bond motifs is 1. The van der Waals surface area contributed by atoms with Gasteiger partial charge in [-0.2, -0.15) is 0 Å². The average Bonchev–Trinajstić information content (AvgIpc) is 3.10. The zero-order chi connectivity index (χ0) is 22.1. The van der Waals surface area contributed by atoms with Crippen LogP contribution in [0.25, 0.3) is 22.4 Å². The van der Waals surface area contributed by atoms with E-state index in [1.807, 2.05) is 69.3 Å². The SMILES string of the molecule is Cc1cc(C)c(OCC(=O)Nc2ccc(-c3nc4cc(Cl)c(C)cc4[nH]3)cc2)c(Br)c1. The molecule has 1 amide bonds. The van der Waals surface area contributed by atoms with Gasteiger partial charge in [0.15, 0.2) is 6.61 Å². The Morgan fingerprint density at radius 2 is 1.84 bits per heavy atom. The largest absolute Gasteiger partial charge is 0.482 e. The maximum atomic E-state index is 12.3. The highest BCUT2D eigenvalue weighted by atomic mass is 79.9. The fourth-order valence-corrected chi connectivity index (χ4v) is 4.35. The van der Waals surface area contributed by atoms with Crippen LogP contribution in [-0.2, 0) is 4.79 Å². The molecule has 0 aliphatic carbocycles. The molecule has 0 aliphatic heterocycles. The van der Waals surface area contributed by atoms with E-state index < -0.39 is 0 Å². The minimum Gasteiger partial charge on any atom is -0.482 e. The van der Waals surface area contributed by atoms with Gasteiger partial charge in [0.05, 0.1) is 15.5 Å². The molecular formula is C24H21BrClN3O2. The second kappa shape index (κ2) is 8.73. The summed E-state index contributed by atoms with van der Waals surface area (Å²) in [5, 5.41) is 3.55. The highest BCUT2D eigenvalue weighted by Crippen LogP contribution is 2.30. The van der Waals surface area contributed by atoms with Gasteiger partial charge in [0.1, 0.15) is 11.6 Å². The van der Waals surface area contributed by atoms with Crippen LogP contribution in [0.1, 0.15) is 16.7 Å². The van der Waals surface area contributed by atoms with Crippen LogP contribution in [0.15, 0.2) is 53.0 Å². The van der Waals surface area contributed by atoms with Gasteiger partial charge in [0, 0.05) is 16.3 Å². The van der Waals surface area contributed by atoms with Gasteiger partial charge in [-0.3, -0.25) is 4.79 Å². The minimum atomic E-state index is -0.228. The molecule has 1 heterocycles. The monoisotopic (exact) mass is 497 g/mol. The Hall–Kier alpha value is -2.83. The lowest BCUT2D eigenvalue weighted by Gasteiger charge is -2.12. The normalized spacial score (nSPS) is 11.0. The van der Waals surface area contributed by atoms with Crippen LogP contribution < -0.4 is 10.1 Å². The molecule has 0 atom stereocenters. The second-order valence-corrected chi connectivity index (χ2v) is 8.77. The quantitative estimate of drug-likeness (QED) is 0.326. The number of aromatic amines is 1. The van der Waals surface area contributed by atoms with Crippen molar-refractivity contribution in [3.05, 3.63) is 74.7 Å². The fourth-order valence-electron chi connectivity index (χ4n) is 3.41. The van der Waals surface area contributed by atoms with Crippen molar-refractivity contribution < 1.29 is 9.53 Å². The van der Waals surface area contributed by atoms with Crippen LogP contribution in [0.4, 0.5) is 5.69 Å². The molecule has 4 rings (SSSR count). The van der Waals surface area contributed by atoms with Crippen molar-refractivity contribution >= 4 is 50.2 Å². The van der Waals surface area contributed by atoms with Crippen LogP contribution in [0.3, 0.4) is 0 Å². The van der Waals surface area contributed by atoms with Gasteiger partial charge in [0.25, 0.3) is 5.91 Å².